The van der Waals surface area contributed by atoms with Crippen molar-refractivity contribution in [1.29, 1.82) is 0 Å². The van der Waals surface area contributed by atoms with Crippen LogP contribution in [0.5, 0.6) is 0 Å². The van der Waals surface area contributed by atoms with Crippen LogP contribution in [0.2, 0.25) is 0 Å². The number of hydrazine groups is 1. The van der Waals surface area contributed by atoms with Crippen molar-refractivity contribution in [2.45, 2.75) is 63.8 Å². The summed E-state index contributed by atoms with van der Waals surface area (Å²) in [5.41, 5.74) is 11.7. The number of hydrogen-bond acceptors (Lipinski definition) is 8. The third-order valence-electron chi connectivity index (χ3n) is 4.37. The lowest BCUT2D eigenvalue weighted by atomic mass is 10.1. The van der Waals surface area contributed by atoms with Crippen molar-refractivity contribution in [2.75, 3.05) is 20.1 Å². The van der Waals surface area contributed by atoms with Gasteiger partial charge in [0.15, 0.2) is 5.03 Å². The molecule has 0 saturated carbocycles. The second-order valence-electron chi connectivity index (χ2n) is 8.28. The summed E-state index contributed by atoms with van der Waals surface area (Å²) in [6.45, 7) is 5.62. The molecule has 14 heteroatoms. The van der Waals surface area contributed by atoms with Crippen LogP contribution in [-0.2, 0) is 14.3 Å². The number of carbonyl (C=O) groups is 3. The number of alkyl carbamates (subject to hydrolysis) is 1. The van der Waals surface area contributed by atoms with Crippen LogP contribution in [0.4, 0.5) is 4.79 Å². The van der Waals surface area contributed by atoms with Gasteiger partial charge in [0.05, 0.1) is 6.04 Å². The van der Waals surface area contributed by atoms with Crippen molar-refractivity contribution in [3.05, 3.63) is 10.1 Å². The second-order valence-corrected chi connectivity index (χ2v) is 8.28. The Morgan fingerprint density at radius 2 is 1.97 bits per heavy atom. The smallest absolute Gasteiger partial charge is 0.408 e. The highest BCUT2D eigenvalue weighted by molar-refractivity contribution is 5.86. The molecule has 0 aliphatic carbocycles. The van der Waals surface area contributed by atoms with Crippen LogP contribution >= 0.6 is 0 Å². The van der Waals surface area contributed by atoms with Crippen molar-refractivity contribution >= 4 is 23.9 Å². The van der Waals surface area contributed by atoms with E-state index in [2.05, 4.69) is 15.6 Å². The van der Waals surface area contributed by atoms with E-state index >= 15 is 0 Å². The molecule has 3 amide bonds. The van der Waals surface area contributed by atoms with E-state index in [1.54, 1.807) is 38.1 Å². The molecule has 31 heavy (non-hydrogen) atoms. The molecule has 0 unspecified atom stereocenters. The van der Waals surface area contributed by atoms with Gasteiger partial charge in [0, 0.05) is 19.1 Å². The van der Waals surface area contributed by atoms with E-state index in [1.807, 2.05) is 0 Å². The Kier molecular flexibility index (Phi) is 9.42. The number of ether oxygens (including phenoxy) is 1. The Morgan fingerprint density at radius 1 is 1.32 bits per heavy atom. The lowest BCUT2D eigenvalue weighted by Gasteiger charge is -2.24. The van der Waals surface area contributed by atoms with E-state index in [1.165, 1.54) is 0 Å². The Balaban J connectivity index is 2.72. The van der Waals surface area contributed by atoms with Gasteiger partial charge in [-0.3, -0.25) is 14.5 Å². The van der Waals surface area contributed by atoms with Gasteiger partial charge in [-0.2, -0.15) is 0 Å². The summed E-state index contributed by atoms with van der Waals surface area (Å²) in [5.74, 6) is -1.28. The minimum Gasteiger partial charge on any atom is -0.444 e. The maximum atomic E-state index is 12.8. The van der Waals surface area contributed by atoms with E-state index in [0.717, 1.165) is 0 Å². The van der Waals surface area contributed by atoms with Crippen molar-refractivity contribution < 1.29 is 24.2 Å². The molecule has 0 bridgehead atoms. The lowest BCUT2D eigenvalue weighted by molar-refractivity contribution is -0.525. The molecule has 14 nitrogen and oxygen atoms in total. The summed E-state index contributed by atoms with van der Waals surface area (Å²) in [6.07, 6.45) is 0.0959. The van der Waals surface area contributed by atoms with Crippen LogP contribution in [-0.4, -0.2) is 77.7 Å². The zero-order valence-corrected chi connectivity index (χ0v) is 18.2. The number of nitrogens with one attached hydrogen (secondary N) is 3. The van der Waals surface area contributed by atoms with E-state index in [4.69, 9.17) is 16.2 Å². The molecule has 1 aliphatic heterocycles. The lowest BCUT2D eigenvalue weighted by Crippen LogP contribution is -2.51. The van der Waals surface area contributed by atoms with Crippen LogP contribution < -0.4 is 27.5 Å². The number of amides is 3. The molecule has 0 radical (unpaired) electrons. The Bertz CT molecular complexity index is 707. The monoisotopic (exact) mass is 444 g/mol. The van der Waals surface area contributed by atoms with Crippen molar-refractivity contribution in [1.82, 2.24) is 21.0 Å². The van der Waals surface area contributed by atoms with Crippen LogP contribution in [0.3, 0.4) is 0 Å². The van der Waals surface area contributed by atoms with Gasteiger partial charge in [-0.05, 0) is 47.1 Å². The first kappa shape index (κ1) is 25.9. The van der Waals surface area contributed by atoms with Crippen molar-refractivity contribution in [3.8, 4) is 0 Å². The number of carbonyl (C=O) groups excluding carboxylic acids is 3. The third kappa shape index (κ3) is 9.93. The summed E-state index contributed by atoms with van der Waals surface area (Å²) in [7, 11) is 1.74. The standard InChI is InChI=1S/C17H32N8O6/c1-17(2,3)31-16(28)22-11(6-5-7-20-15(19)23-25(29)30)14(27)21-10-8-12(13(18)26)24(4)9-10/h10-12H,5-9H2,1-4H3,(H2,18,26)(H,21,27)(H,22,28)(H3,19,20,23)/t10-,11+,12+/m1/s1. The van der Waals surface area contributed by atoms with Crippen LogP contribution in [0, 0.1) is 10.1 Å². The summed E-state index contributed by atoms with van der Waals surface area (Å²) in [6, 6.07) is -1.72. The Morgan fingerprint density at radius 3 is 2.48 bits per heavy atom. The maximum absolute atomic E-state index is 12.8. The van der Waals surface area contributed by atoms with E-state index < -0.39 is 40.6 Å². The second kappa shape index (κ2) is 11.3. The molecule has 0 aromatic heterocycles. The van der Waals surface area contributed by atoms with E-state index in [-0.39, 0.29) is 25.0 Å². The first-order valence-corrected chi connectivity index (χ1v) is 9.79. The average molecular weight is 444 g/mol. The van der Waals surface area contributed by atoms with Gasteiger partial charge in [0.25, 0.3) is 5.96 Å². The summed E-state index contributed by atoms with van der Waals surface area (Å²) in [4.78, 5) is 52.3. The summed E-state index contributed by atoms with van der Waals surface area (Å²) < 4.78 is 5.21. The zero-order valence-electron chi connectivity index (χ0n) is 18.2. The van der Waals surface area contributed by atoms with Gasteiger partial charge in [-0.15, -0.1) is 0 Å². The fraction of sp³-hybridized carbons (Fsp3) is 0.765. The Hall–Kier alpha value is -3.16. The number of guanidine groups is 1. The maximum Gasteiger partial charge on any atom is 0.408 e. The van der Waals surface area contributed by atoms with Gasteiger partial charge in [0.1, 0.15) is 11.6 Å². The highest BCUT2D eigenvalue weighted by Crippen LogP contribution is 2.16. The largest absolute Gasteiger partial charge is 0.444 e. The number of hydrogen-bond donors (Lipinski definition) is 5. The molecule has 0 aromatic rings. The SMILES string of the molecule is CN1C[C@H](NC(=O)[C@H](CCCN=C(N)N[N+](=O)[O-])NC(=O)OC(C)(C)C)C[C@H]1C(N)=O. The van der Waals surface area contributed by atoms with Crippen molar-refractivity contribution in [2.24, 2.45) is 16.5 Å². The molecule has 176 valence electrons. The third-order valence-corrected chi connectivity index (χ3v) is 4.37. The van der Waals surface area contributed by atoms with E-state index in [0.29, 0.717) is 19.4 Å². The predicted molar refractivity (Wildman–Crippen MR) is 111 cm³/mol. The molecule has 1 saturated heterocycles. The van der Waals surface area contributed by atoms with E-state index in [9.17, 15) is 24.5 Å². The van der Waals surface area contributed by atoms with Crippen LogP contribution in [0.1, 0.15) is 40.0 Å². The fourth-order valence-electron chi connectivity index (χ4n) is 3.08. The molecule has 1 heterocycles. The molecular weight excluding hydrogens is 412 g/mol. The number of likely N-dealkylation sites (tertiary alicyclic amines) is 1. The first-order valence-electron chi connectivity index (χ1n) is 9.79. The number of nitrogens with two attached hydrogens (primary N) is 2. The van der Waals surface area contributed by atoms with Crippen LogP contribution in [0.25, 0.3) is 0 Å². The predicted octanol–water partition coefficient (Wildman–Crippen LogP) is -1.57. The molecule has 1 rings (SSSR count). The highest BCUT2D eigenvalue weighted by Gasteiger charge is 2.35. The number of aliphatic imine (C=N–C) groups is 1. The van der Waals surface area contributed by atoms with Gasteiger partial charge in [0.2, 0.25) is 11.8 Å². The summed E-state index contributed by atoms with van der Waals surface area (Å²) in [5, 5.41) is 14.8. The molecular formula is C17H32N8O6. The molecule has 3 atom stereocenters. The molecule has 1 aliphatic rings. The minimum absolute atomic E-state index is 0.0996. The molecule has 0 spiro atoms. The number of primary amides is 1. The summed E-state index contributed by atoms with van der Waals surface area (Å²) >= 11 is 0. The zero-order chi connectivity index (χ0) is 23.8. The van der Waals surface area contributed by atoms with Gasteiger partial charge in [-0.1, -0.05) is 5.43 Å². The number of nitrogens with zero attached hydrogens (tertiary/aromatic N) is 3. The molecule has 0 aromatic carbocycles. The quantitative estimate of drug-likeness (QED) is 0.0913. The van der Waals surface area contributed by atoms with Crippen LogP contribution in [0.15, 0.2) is 4.99 Å². The first-order chi connectivity index (χ1) is 14.3. The number of rotatable bonds is 9. The number of likely N-dealkylation sites (N-methyl/N-ethyl adjacent to an activating group) is 1. The average Bonchev–Trinajstić information content (AvgIpc) is 2.95. The fourth-order valence-corrected chi connectivity index (χ4v) is 3.08. The van der Waals surface area contributed by atoms with Gasteiger partial charge in [-0.25, -0.2) is 19.9 Å². The van der Waals surface area contributed by atoms with Gasteiger partial charge >= 0.3 is 6.09 Å². The normalized spacial score (nSPS) is 20.6. The topological polar surface area (TPSA) is 207 Å². The molecule has 7 N–H and O–H groups in total. The highest BCUT2D eigenvalue weighted by atomic mass is 16.7. The van der Waals surface area contributed by atoms with Gasteiger partial charge < -0.3 is 26.8 Å². The van der Waals surface area contributed by atoms with Crippen molar-refractivity contribution in [3.63, 3.8) is 0 Å². The Labute approximate surface area is 180 Å². The minimum atomic E-state index is -0.937. The molecule has 1 fully saturated rings. The number of nitro groups is 1.